The second-order valence-electron chi connectivity index (χ2n) is 9.68. The molecule has 0 atom stereocenters. The first-order chi connectivity index (χ1) is 18.5. The molecular formula is C32H35N2NaO3S. The minimum Gasteiger partial charge on any atom is -0.545 e. The van der Waals surface area contributed by atoms with Gasteiger partial charge in [-0.05, 0) is 53.1 Å². The summed E-state index contributed by atoms with van der Waals surface area (Å²) in [6.45, 7) is 5.66. The van der Waals surface area contributed by atoms with Gasteiger partial charge in [0.05, 0.1) is 11.7 Å². The smallest absolute Gasteiger partial charge is 0.545 e. The third kappa shape index (κ3) is 8.67. The maximum atomic E-state index is 10.9. The molecule has 0 N–H and O–H groups in total. The quantitative estimate of drug-likeness (QED) is 0.235. The fourth-order valence-electron chi connectivity index (χ4n) is 4.61. The maximum Gasteiger partial charge on any atom is 1.00 e. The fourth-order valence-corrected chi connectivity index (χ4v) is 5.41. The first-order valence-electron chi connectivity index (χ1n) is 13.3. The van der Waals surface area contributed by atoms with E-state index in [0.717, 1.165) is 33.3 Å². The molecule has 5 nitrogen and oxygen atoms in total. The van der Waals surface area contributed by atoms with Gasteiger partial charge in [0.15, 0.2) is 5.13 Å². The van der Waals surface area contributed by atoms with Crippen molar-refractivity contribution in [3.8, 4) is 17.0 Å². The van der Waals surface area contributed by atoms with Crippen LogP contribution in [-0.2, 0) is 13.2 Å². The molecule has 3 aromatic carbocycles. The van der Waals surface area contributed by atoms with Crippen LogP contribution in [-0.4, -0.2) is 18.0 Å². The second-order valence-corrected chi connectivity index (χ2v) is 10.5. The van der Waals surface area contributed by atoms with E-state index in [0.29, 0.717) is 19.1 Å². The van der Waals surface area contributed by atoms with Crippen molar-refractivity contribution in [2.45, 2.75) is 58.6 Å². The molecule has 1 heterocycles. The van der Waals surface area contributed by atoms with Crippen LogP contribution < -0.4 is 44.3 Å². The van der Waals surface area contributed by atoms with Crippen molar-refractivity contribution in [1.82, 2.24) is 4.98 Å². The van der Waals surface area contributed by atoms with E-state index < -0.39 is 5.97 Å². The molecule has 0 bridgehead atoms. The number of carbonyl (C=O) groups excluding carboxylic acids is 1. The van der Waals surface area contributed by atoms with Crippen LogP contribution in [0.2, 0.25) is 0 Å². The number of ether oxygens (including phenoxy) is 1. The van der Waals surface area contributed by atoms with Crippen LogP contribution in [0.25, 0.3) is 11.3 Å². The number of anilines is 1. The average molecular weight is 551 g/mol. The number of carboxylic acid groups (broad SMARTS) is 1. The number of hydrogen-bond donors (Lipinski definition) is 0. The van der Waals surface area contributed by atoms with Crippen molar-refractivity contribution in [3.63, 3.8) is 0 Å². The zero-order valence-corrected chi connectivity index (χ0v) is 26.2. The Morgan fingerprint density at radius 1 is 0.923 bits per heavy atom. The van der Waals surface area contributed by atoms with Crippen LogP contribution in [0.5, 0.6) is 5.75 Å². The molecule has 0 saturated carbocycles. The van der Waals surface area contributed by atoms with Gasteiger partial charge in [0.2, 0.25) is 0 Å². The van der Waals surface area contributed by atoms with E-state index >= 15 is 0 Å². The van der Waals surface area contributed by atoms with Crippen molar-refractivity contribution in [1.29, 1.82) is 0 Å². The van der Waals surface area contributed by atoms with Crippen LogP contribution in [0.4, 0.5) is 5.13 Å². The standard InChI is InChI=1S/C32H36N2O3S.Na/c1-4-6-25(7-5-2)26-16-18-29(19-17-26)37-21-24-10-12-27(13-11-24)30-22-38-32(33-30)34(3)20-23-8-14-28(15-9-23)31(35)36;/h8-19,22,25H,4-7,20-21H2,1-3H3,(H,35,36);/q;+1/p-1. The summed E-state index contributed by atoms with van der Waals surface area (Å²) in [5.41, 5.74) is 5.70. The predicted octanol–water partition coefficient (Wildman–Crippen LogP) is 4.08. The van der Waals surface area contributed by atoms with Crippen LogP contribution in [0.3, 0.4) is 0 Å². The molecule has 198 valence electrons. The Bertz CT molecular complexity index is 1300. The molecule has 4 aromatic rings. The van der Waals surface area contributed by atoms with Gasteiger partial charge in [0.25, 0.3) is 0 Å². The zero-order valence-electron chi connectivity index (χ0n) is 23.4. The molecular weight excluding hydrogens is 515 g/mol. The van der Waals surface area contributed by atoms with E-state index in [-0.39, 0.29) is 35.1 Å². The SMILES string of the molecule is CCCC(CCC)c1ccc(OCc2ccc(-c3csc(N(C)Cc4ccc(C(=O)[O-])cc4)n3)cc2)cc1.[Na+]. The van der Waals surface area contributed by atoms with Gasteiger partial charge in [-0.15, -0.1) is 11.3 Å². The Kier molecular flexibility index (Phi) is 12.1. The summed E-state index contributed by atoms with van der Waals surface area (Å²) in [6.07, 6.45) is 4.89. The molecule has 7 heteroatoms. The number of aromatic carboxylic acids is 1. The Morgan fingerprint density at radius 3 is 2.13 bits per heavy atom. The number of hydrogen-bond acceptors (Lipinski definition) is 6. The normalized spacial score (nSPS) is 10.8. The minimum atomic E-state index is -1.16. The monoisotopic (exact) mass is 550 g/mol. The molecule has 0 spiro atoms. The van der Waals surface area contributed by atoms with Crippen molar-refractivity contribution in [3.05, 3.63) is 100 Å². The molecule has 4 rings (SSSR count). The summed E-state index contributed by atoms with van der Waals surface area (Å²) in [4.78, 5) is 17.8. The van der Waals surface area contributed by atoms with Gasteiger partial charge in [-0.1, -0.05) is 87.4 Å². The van der Waals surface area contributed by atoms with E-state index in [1.807, 2.05) is 7.05 Å². The van der Waals surface area contributed by atoms with E-state index in [1.165, 1.54) is 31.2 Å². The summed E-state index contributed by atoms with van der Waals surface area (Å²) < 4.78 is 6.05. The molecule has 0 saturated heterocycles. The summed E-state index contributed by atoms with van der Waals surface area (Å²) in [6, 6.07) is 23.7. The number of carboxylic acids is 1. The summed E-state index contributed by atoms with van der Waals surface area (Å²) in [5, 5.41) is 13.9. The van der Waals surface area contributed by atoms with Crippen molar-refractivity contribution >= 4 is 22.4 Å². The van der Waals surface area contributed by atoms with Crippen molar-refractivity contribution in [2.24, 2.45) is 0 Å². The van der Waals surface area contributed by atoms with Gasteiger partial charge >= 0.3 is 29.6 Å². The maximum absolute atomic E-state index is 10.9. The third-order valence-electron chi connectivity index (χ3n) is 6.71. The molecule has 0 amide bonds. The fraction of sp³-hybridized carbons (Fsp3) is 0.312. The number of rotatable bonds is 13. The Hall–Kier alpha value is -2.64. The predicted molar refractivity (Wildman–Crippen MR) is 154 cm³/mol. The number of thiazole rings is 1. The number of carbonyl (C=O) groups is 1. The number of aromatic nitrogens is 1. The molecule has 39 heavy (non-hydrogen) atoms. The Labute approximate surface area is 258 Å². The number of nitrogens with zero attached hydrogens (tertiary/aromatic N) is 2. The van der Waals surface area contributed by atoms with E-state index in [1.54, 1.807) is 35.6 Å². The first-order valence-corrected chi connectivity index (χ1v) is 14.1. The molecule has 0 aliphatic carbocycles. The summed E-state index contributed by atoms with van der Waals surface area (Å²) in [7, 11) is 1.98. The van der Waals surface area contributed by atoms with Gasteiger partial charge < -0.3 is 19.5 Å². The molecule has 0 aliphatic rings. The zero-order chi connectivity index (χ0) is 26.9. The summed E-state index contributed by atoms with van der Waals surface area (Å²) in [5.74, 6) is 0.371. The second kappa shape index (κ2) is 15.2. The van der Waals surface area contributed by atoms with E-state index in [9.17, 15) is 9.90 Å². The Morgan fingerprint density at radius 2 is 1.54 bits per heavy atom. The largest absolute Gasteiger partial charge is 1.00 e. The average Bonchev–Trinajstić information content (AvgIpc) is 3.43. The van der Waals surface area contributed by atoms with E-state index in [2.05, 4.69) is 72.7 Å². The van der Waals surface area contributed by atoms with Gasteiger partial charge in [-0.25, -0.2) is 4.98 Å². The first kappa shape index (κ1) is 30.9. The van der Waals surface area contributed by atoms with Crippen molar-refractivity contribution < 1.29 is 44.2 Å². The van der Waals surface area contributed by atoms with Gasteiger partial charge in [-0.3, -0.25) is 0 Å². The molecule has 1 aromatic heterocycles. The van der Waals surface area contributed by atoms with Gasteiger partial charge in [0.1, 0.15) is 12.4 Å². The van der Waals surface area contributed by atoms with Crippen LogP contribution in [0, 0.1) is 0 Å². The van der Waals surface area contributed by atoms with Gasteiger partial charge in [0, 0.05) is 24.5 Å². The summed E-state index contributed by atoms with van der Waals surface area (Å²) >= 11 is 1.59. The topological polar surface area (TPSA) is 65.5 Å². The van der Waals surface area contributed by atoms with Gasteiger partial charge in [-0.2, -0.15) is 0 Å². The number of benzene rings is 3. The van der Waals surface area contributed by atoms with Crippen LogP contribution in [0.1, 0.15) is 72.5 Å². The molecule has 0 aliphatic heterocycles. The van der Waals surface area contributed by atoms with Crippen molar-refractivity contribution in [2.75, 3.05) is 11.9 Å². The molecule has 0 radical (unpaired) electrons. The molecule has 0 fully saturated rings. The van der Waals surface area contributed by atoms with Crippen LogP contribution >= 0.6 is 11.3 Å². The third-order valence-corrected chi connectivity index (χ3v) is 7.66. The molecule has 0 unspecified atom stereocenters. The van der Waals surface area contributed by atoms with E-state index in [4.69, 9.17) is 9.72 Å². The minimum absolute atomic E-state index is 0. The Balaban J connectivity index is 0.00000420. The van der Waals surface area contributed by atoms with Crippen LogP contribution in [0.15, 0.2) is 78.2 Å².